The fourth-order valence-electron chi connectivity index (χ4n) is 2.07. The molecule has 0 saturated heterocycles. The molecule has 2 rings (SSSR count). The first-order valence-electron chi connectivity index (χ1n) is 6.40. The van der Waals surface area contributed by atoms with Gasteiger partial charge in [-0.15, -0.1) is 0 Å². The largest absolute Gasteiger partial charge is 0.349 e. The highest BCUT2D eigenvalue weighted by molar-refractivity contribution is 7.90. The summed E-state index contributed by atoms with van der Waals surface area (Å²) >= 11 is 0. The number of carbonyl (C=O) groups is 1. The monoisotopic (exact) mass is 281 g/mol. The van der Waals surface area contributed by atoms with Crippen molar-refractivity contribution in [2.24, 2.45) is 5.92 Å². The second kappa shape index (κ2) is 4.96. The summed E-state index contributed by atoms with van der Waals surface area (Å²) in [6.45, 7) is 3.80. The van der Waals surface area contributed by atoms with Gasteiger partial charge in [0.2, 0.25) is 0 Å². The Morgan fingerprint density at radius 1 is 1.37 bits per heavy atom. The summed E-state index contributed by atoms with van der Waals surface area (Å²) in [7, 11) is -3.29. The van der Waals surface area contributed by atoms with Gasteiger partial charge < -0.3 is 5.32 Å². The Morgan fingerprint density at radius 3 is 2.53 bits per heavy atom. The summed E-state index contributed by atoms with van der Waals surface area (Å²) in [6.07, 6.45) is 3.46. The molecule has 1 fully saturated rings. The van der Waals surface area contributed by atoms with Crippen LogP contribution in [0.4, 0.5) is 0 Å². The van der Waals surface area contributed by atoms with Crippen molar-refractivity contribution in [3.05, 3.63) is 29.3 Å². The van der Waals surface area contributed by atoms with Crippen molar-refractivity contribution in [1.82, 2.24) is 5.32 Å². The smallest absolute Gasteiger partial charge is 0.251 e. The van der Waals surface area contributed by atoms with Gasteiger partial charge in [-0.1, -0.05) is 6.07 Å². The van der Waals surface area contributed by atoms with Crippen LogP contribution in [-0.4, -0.2) is 26.6 Å². The van der Waals surface area contributed by atoms with Crippen LogP contribution in [0, 0.1) is 12.8 Å². The topological polar surface area (TPSA) is 63.2 Å². The molecular formula is C14H19NO3S. The van der Waals surface area contributed by atoms with E-state index in [0.717, 1.165) is 24.7 Å². The molecule has 1 amide bonds. The highest BCUT2D eigenvalue weighted by Crippen LogP contribution is 2.32. The van der Waals surface area contributed by atoms with Gasteiger partial charge in [0, 0.05) is 17.9 Å². The van der Waals surface area contributed by atoms with E-state index in [9.17, 15) is 13.2 Å². The quantitative estimate of drug-likeness (QED) is 0.917. The Labute approximate surface area is 114 Å². The molecule has 0 radical (unpaired) electrons. The first kappa shape index (κ1) is 14.1. The van der Waals surface area contributed by atoms with Crippen LogP contribution < -0.4 is 5.32 Å². The number of sulfone groups is 1. The third-order valence-electron chi connectivity index (χ3n) is 3.57. The number of hydrogen-bond donors (Lipinski definition) is 1. The van der Waals surface area contributed by atoms with E-state index in [1.54, 1.807) is 6.07 Å². The highest BCUT2D eigenvalue weighted by atomic mass is 32.2. The number of amides is 1. The van der Waals surface area contributed by atoms with Crippen molar-refractivity contribution < 1.29 is 13.2 Å². The molecule has 0 heterocycles. The predicted octanol–water partition coefficient (Wildman–Crippen LogP) is 1.93. The van der Waals surface area contributed by atoms with Crippen molar-refractivity contribution in [3.63, 3.8) is 0 Å². The molecule has 4 nitrogen and oxygen atoms in total. The van der Waals surface area contributed by atoms with E-state index >= 15 is 0 Å². The number of nitrogens with one attached hydrogen (secondary N) is 1. The van der Waals surface area contributed by atoms with Gasteiger partial charge in [0.1, 0.15) is 0 Å². The molecule has 0 spiro atoms. The summed E-state index contributed by atoms with van der Waals surface area (Å²) in [4.78, 5) is 12.4. The van der Waals surface area contributed by atoms with Gasteiger partial charge in [0.05, 0.1) is 4.90 Å². The minimum atomic E-state index is -3.29. The van der Waals surface area contributed by atoms with Gasteiger partial charge >= 0.3 is 0 Å². The second-order valence-corrected chi connectivity index (χ2v) is 7.36. The van der Waals surface area contributed by atoms with Crippen LogP contribution in [0.3, 0.4) is 0 Å². The number of hydrogen-bond acceptors (Lipinski definition) is 3. The zero-order valence-electron chi connectivity index (χ0n) is 11.4. The molecule has 1 aromatic rings. The van der Waals surface area contributed by atoms with Crippen LogP contribution in [0.2, 0.25) is 0 Å². The van der Waals surface area contributed by atoms with E-state index in [2.05, 4.69) is 5.32 Å². The van der Waals surface area contributed by atoms with Crippen molar-refractivity contribution >= 4 is 15.7 Å². The number of carbonyl (C=O) groups excluding carboxylic acids is 1. The molecule has 0 unspecified atom stereocenters. The lowest BCUT2D eigenvalue weighted by Crippen LogP contribution is -2.34. The molecule has 104 valence electrons. The molecule has 1 aromatic carbocycles. The average Bonchev–Trinajstić information content (AvgIpc) is 3.11. The predicted molar refractivity (Wildman–Crippen MR) is 73.9 cm³/mol. The van der Waals surface area contributed by atoms with Crippen LogP contribution in [-0.2, 0) is 9.84 Å². The Hall–Kier alpha value is -1.36. The summed E-state index contributed by atoms with van der Waals surface area (Å²) in [6, 6.07) is 4.81. The van der Waals surface area contributed by atoms with Crippen molar-refractivity contribution in [2.45, 2.75) is 37.6 Å². The lowest BCUT2D eigenvalue weighted by Gasteiger charge is -2.14. The van der Waals surface area contributed by atoms with Crippen LogP contribution in [0.15, 0.2) is 23.1 Å². The third-order valence-corrected chi connectivity index (χ3v) is 4.68. The van der Waals surface area contributed by atoms with Crippen LogP contribution in [0.25, 0.3) is 0 Å². The van der Waals surface area contributed by atoms with E-state index in [1.165, 1.54) is 12.1 Å². The lowest BCUT2D eigenvalue weighted by atomic mass is 10.1. The molecule has 1 saturated carbocycles. The molecule has 1 atom stereocenters. The summed E-state index contributed by atoms with van der Waals surface area (Å²) in [5.74, 6) is 0.379. The Bertz CT molecular complexity index is 603. The standard InChI is InChI=1S/C14H19NO3S/c1-9-4-7-12(19(3,17)18)8-13(9)14(16)15-10(2)11-5-6-11/h4,7-8,10-11H,5-6H2,1-3H3,(H,15,16)/t10-/m0/s1. The first-order chi connectivity index (χ1) is 8.79. The molecule has 5 heteroatoms. The van der Waals surface area contributed by atoms with Crippen molar-refractivity contribution in [1.29, 1.82) is 0 Å². The third kappa shape index (κ3) is 3.35. The Balaban J connectivity index is 2.25. The highest BCUT2D eigenvalue weighted by Gasteiger charge is 2.29. The molecule has 1 N–H and O–H groups in total. The van der Waals surface area contributed by atoms with Gasteiger partial charge in [-0.3, -0.25) is 4.79 Å². The minimum Gasteiger partial charge on any atom is -0.349 e. The van der Waals surface area contributed by atoms with Crippen LogP contribution in [0.1, 0.15) is 35.7 Å². The zero-order chi connectivity index (χ0) is 14.2. The van der Waals surface area contributed by atoms with E-state index in [4.69, 9.17) is 0 Å². The number of benzene rings is 1. The molecule has 0 bridgehead atoms. The second-order valence-electron chi connectivity index (χ2n) is 5.35. The van der Waals surface area contributed by atoms with Gasteiger partial charge in [0.25, 0.3) is 5.91 Å². The van der Waals surface area contributed by atoms with Crippen LogP contribution >= 0.6 is 0 Å². The van der Waals surface area contributed by atoms with Gasteiger partial charge in [0.15, 0.2) is 9.84 Å². The maximum atomic E-state index is 12.2. The Morgan fingerprint density at radius 2 is 2.00 bits per heavy atom. The summed E-state index contributed by atoms with van der Waals surface area (Å²) in [5.41, 5.74) is 1.23. The van der Waals surface area contributed by atoms with Gasteiger partial charge in [-0.05, 0) is 50.3 Å². The molecule has 0 aliphatic heterocycles. The van der Waals surface area contributed by atoms with E-state index < -0.39 is 9.84 Å². The molecule has 0 aromatic heterocycles. The maximum Gasteiger partial charge on any atom is 0.251 e. The minimum absolute atomic E-state index is 0.147. The van der Waals surface area contributed by atoms with Gasteiger partial charge in [-0.2, -0.15) is 0 Å². The molecular weight excluding hydrogens is 262 g/mol. The van der Waals surface area contributed by atoms with Crippen molar-refractivity contribution in [3.8, 4) is 0 Å². The number of rotatable bonds is 4. The molecule has 1 aliphatic rings. The summed E-state index contributed by atoms with van der Waals surface area (Å²) < 4.78 is 23.1. The fraction of sp³-hybridized carbons (Fsp3) is 0.500. The first-order valence-corrected chi connectivity index (χ1v) is 8.30. The van der Waals surface area contributed by atoms with E-state index in [-0.39, 0.29) is 16.8 Å². The zero-order valence-corrected chi connectivity index (χ0v) is 12.3. The van der Waals surface area contributed by atoms with Crippen LogP contribution in [0.5, 0.6) is 0 Å². The van der Waals surface area contributed by atoms with E-state index in [1.807, 2.05) is 13.8 Å². The molecule has 19 heavy (non-hydrogen) atoms. The fourth-order valence-corrected chi connectivity index (χ4v) is 2.72. The maximum absolute atomic E-state index is 12.2. The van der Waals surface area contributed by atoms with Crippen molar-refractivity contribution in [2.75, 3.05) is 6.26 Å². The lowest BCUT2D eigenvalue weighted by molar-refractivity contribution is 0.0935. The Kier molecular flexibility index (Phi) is 3.67. The SMILES string of the molecule is Cc1ccc(S(C)(=O)=O)cc1C(=O)N[C@@H](C)C1CC1. The van der Waals surface area contributed by atoms with E-state index in [0.29, 0.717) is 11.5 Å². The average molecular weight is 281 g/mol. The number of aryl methyl sites for hydroxylation is 1. The van der Waals surface area contributed by atoms with Gasteiger partial charge in [-0.25, -0.2) is 8.42 Å². The normalized spacial score (nSPS) is 17.0. The molecule has 1 aliphatic carbocycles. The summed E-state index contributed by atoms with van der Waals surface area (Å²) in [5, 5.41) is 2.94.